The van der Waals surface area contributed by atoms with Crippen LogP contribution in [0.4, 0.5) is 4.79 Å². The number of nitrogens with zero attached hydrogens (tertiary/aromatic N) is 1. The van der Waals surface area contributed by atoms with Gasteiger partial charge < -0.3 is 20.6 Å². The van der Waals surface area contributed by atoms with E-state index in [1.807, 2.05) is 32.8 Å². The maximum absolute atomic E-state index is 11.8. The van der Waals surface area contributed by atoms with Crippen LogP contribution in [-0.2, 0) is 4.79 Å². The summed E-state index contributed by atoms with van der Waals surface area (Å²) in [5.74, 6) is -0.794. The van der Waals surface area contributed by atoms with E-state index in [0.29, 0.717) is 6.54 Å². The van der Waals surface area contributed by atoms with Gasteiger partial charge in [-0.15, -0.1) is 0 Å². The molecular weight excluding hydrogens is 234 g/mol. The van der Waals surface area contributed by atoms with Crippen molar-refractivity contribution in [2.45, 2.75) is 39.3 Å². The van der Waals surface area contributed by atoms with Gasteiger partial charge in [0.25, 0.3) is 0 Å². The van der Waals surface area contributed by atoms with Gasteiger partial charge in [0.15, 0.2) is 0 Å². The summed E-state index contributed by atoms with van der Waals surface area (Å²) >= 11 is 0. The Kier molecular flexibility index (Phi) is 6.11. The van der Waals surface area contributed by atoms with E-state index in [1.165, 1.54) is 13.8 Å². The van der Waals surface area contributed by atoms with Crippen LogP contribution in [0.15, 0.2) is 0 Å². The van der Waals surface area contributed by atoms with Crippen molar-refractivity contribution >= 4 is 12.0 Å². The Morgan fingerprint density at radius 2 is 1.78 bits per heavy atom. The molecule has 0 aliphatic heterocycles. The van der Waals surface area contributed by atoms with Gasteiger partial charge in [-0.1, -0.05) is 13.8 Å². The number of amides is 2. The van der Waals surface area contributed by atoms with Crippen molar-refractivity contribution in [1.29, 1.82) is 0 Å². The molecule has 6 nitrogen and oxygen atoms in total. The monoisotopic (exact) mass is 259 g/mol. The van der Waals surface area contributed by atoms with Crippen LogP contribution in [0.25, 0.3) is 0 Å². The van der Waals surface area contributed by atoms with Crippen LogP contribution in [0.3, 0.4) is 0 Å². The predicted molar refractivity (Wildman–Crippen MR) is 70.6 cm³/mol. The summed E-state index contributed by atoms with van der Waals surface area (Å²) < 4.78 is 0. The first-order chi connectivity index (χ1) is 8.06. The number of rotatable bonds is 6. The molecule has 106 valence electrons. The number of aliphatic carboxylic acids is 1. The number of hydrogen-bond donors (Lipinski definition) is 3. The Morgan fingerprint density at radius 3 is 2.11 bits per heavy atom. The number of carboxylic acids is 1. The summed E-state index contributed by atoms with van der Waals surface area (Å²) in [6.45, 7) is 7.63. The zero-order valence-electron chi connectivity index (χ0n) is 12.1. The molecule has 6 heteroatoms. The SMILES string of the molecule is CC(C)C(CN(C)C)NC(=O)NC(C)(C)C(=O)O. The highest BCUT2D eigenvalue weighted by Crippen LogP contribution is 2.05. The van der Waals surface area contributed by atoms with Gasteiger partial charge in [0, 0.05) is 12.6 Å². The first-order valence-corrected chi connectivity index (χ1v) is 6.03. The van der Waals surface area contributed by atoms with Gasteiger partial charge in [-0.2, -0.15) is 0 Å². The molecule has 0 saturated carbocycles. The van der Waals surface area contributed by atoms with Crippen molar-refractivity contribution in [1.82, 2.24) is 15.5 Å². The minimum Gasteiger partial charge on any atom is -0.480 e. The van der Waals surface area contributed by atoms with Crippen molar-refractivity contribution in [3.05, 3.63) is 0 Å². The van der Waals surface area contributed by atoms with E-state index in [1.54, 1.807) is 0 Å². The van der Waals surface area contributed by atoms with Gasteiger partial charge >= 0.3 is 12.0 Å². The molecule has 0 aromatic carbocycles. The Hall–Kier alpha value is -1.30. The van der Waals surface area contributed by atoms with E-state index < -0.39 is 17.5 Å². The van der Waals surface area contributed by atoms with Gasteiger partial charge in [0.1, 0.15) is 5.54 Å². The average Bonchev–Trinajstić information content (AvgIpc) is 2.14. The number of carboxylic acid groups (broad SMARTS) is 1. The topological polar surface area (TPSA) is 81.7 Å². The van der Waals surface area contributed by atoms with E-state index in [9.17, 15) is 9.59 Å². The summed E-state index contributed by atoms with van der Waals surface area (Å²) in [7, 11) is 3.85. The third-order valence-electron chi connectivity index (χ3n) is 2.64. The molecule has 0 fully saturated rings. The molecule has 2 amide bonds. The number of nitrogens with one attached hydrogen (secondary N) is 2. The second kappa shape index (κ2) is 6.58. The van der Waals surface area contributed by atoms with Crippen LogP contribution < -0.4 is 10.6 Å². The summed E-state index contributed by atoms with van der Waals surface area (Å²) in [4.78, 5) is 24.6. The molecule has 0 spiro atoms. The molecule has 0 aliphatic rings. The van der Waals surface area contributed by atoms with Crippen molar-refractivity contribution in [2.24, 2.45) is 5.92 Å². The summed E-state index contributed by atoms with van der Waals surface area (Å²) in [5.41, 5.74) is -1.27. The molecule has 0 aromatic heterocycles. The Morgan fingerprint density at radius 1 is 1.28 bits per heavy atom. The van der Waals surface area contributed by atoms with Crippen molar-refractivity contribution in [3.63, 3.8) is 0 Å². The second-order valence-corrected chi connectivity index (χ2v) is 5.64. The highest BCUT2D eigenvalue weighted by molar-refractivity contribution is 5.85. The molecule has 1 atom stereocenters. The van der Waals surface area contributed by atoms with Gasteiger partial charge in [-0.05, 0) is 33.9 Å². The van der Waals surface area contributed by atoms with Crippen LogP contribution in [0.1, 0.15) is 27.7 Å². The molecule has 0 heterocycles. The van der Waals surface area contributed by atoms with Crippen molar-refractivity contribution in [3.8, 4) is 0 Å². The van der Waals surface area contributed by atoms with Gasteiger partial charge in [0.2, 0.25) is 0 Å². The lowest BCUT2D eigenvalue weighted by atomic mass is 10.0. The first-order valence-electron chi connectivity index (χ1n) is 6.03. The molecule has 0 radical (unpaired) electrons. The zero-order chi connectivity index (χ0) is 14.5. The second-order valence-electron chi connectivity index (χ2n) is 5.64. The Bertz CT molecular complexity index is 301. The van der Waals surface area contributed by atoms with Crippen molar-refractivity contribution < 1.29 is 14.7 Å². The number of hydrogen-bond acceptors (Lipinski definition) is 3. The lowest BCUT2D eigenvalue weighted by molar-refractivity contribution is -0.142. The van der Waals surface area contributed by atoms with Gasteiger partial charge in [-0.25, -0.2) is 9.59 Å². The van der Waals surface area contributed by atoms with Crippen LogP contribution in [-0.4, -0.2) is 54.2 Å². The quantitative estimate of drug-likeness (QED) is 0.657. The maximum atomic E-state index is 11.8. The zero-order valence-corrected chi connectivity index (χ0v) is 12.1. The van der Waals surface area contributed by atoms with Crippen molar-refractivity contribution in [2.75, 3.05) is 20.6 Å². The number of carbonyl (C=O) groups is 2. The standard InChI is InChI=1S/C12H25N3O3/c1-8(2)9(7-15(5)6)13-11(18)14-12(3,4)10(16)17/h8-9H,7H2,1-6H3,(H,16,17)(H2,13,14,18). The smallest absolute Gasteiger partial charge is 0.328 e. The molecule has 0 saturated heterocycles. The van der Waals surface area contributed by atoms with Gasteiger partial charge in [0.05, 0.1) is 0 Å². The minimum absolute atomic E-state index is 0.0235. The fourth-order valence-electron chi connectivity index (χ4n) is 1.36. The highest BCUT2D eigenvalue weighted by atomic mass is 16.4. The lowest BCUT2D eigenvalue weighted by Crippen LogP contribution is -2.56. The number of carbonyl (C=O) groups excluding carboxylic acids is 1. The van der Waals surface area contributed by atoms with Crippen LogP contribution in [0, 0.1) is 5.92 Å². The maximum Gasteiger partial charge on any atom is 0.328 e. The average molecular weight is 259 g/mol. The summed E-state index contributed by atoms with van der Waals surface area (Å²) in [6, 6.07) is -0.479. The number of urea groups is 1. The first kappa shape index (κ1) is 16.7. The molecule has 1 unspecified atom stereocenters. The Labute approximate surface area is 109 Å². The van der Waals surface area contributed by atoms with E-state index >= 15 is 0 Å². The third kappa shape index (κ3) is 5.86. The molecule has 3 N–H and O–H groups in total. The fraction of sp³-hybridized carbons (Fsp3) is 0.833. The lowest BCUT2D eigenvalue weighted by Gasteiger charge is -2.28. The van der Waals surface area contributed by atoms with E-state index in [0.717, 1.165) is 0 Å². The summed E-state index contributed by atoms with van der Waals surface area (Å²) in [5, 5.41) is 14.2. The molecule has 0 aromatic rings. The number of likely N-dealkylation sites (N-methyl/N-ethyl adjacent to an activating group) is 1. The van der Waals surface area contributed by atoms with E-state index in [-0.39, 0.29) is 12.0 Å². The minimum atomic E-state index is -1.27. The molecule has 0 bridgehead atoms. The molecule has 18 heavy (non-hydrogen) atoms. The summed E-state index contributed by atoms with van der Waals surface area (Å²) in [6.07, 6.45) is 0. The largest absolute Gasteiger partial charge is 0.480 e. The highest BCUT2D eigenvalue weighted by Gasteiger charge is 2.30. The van der Waals surface area contributed by atoms with Gasteiger partial charge in [-0.3, -0.25) is 0 Å². The van der Waals surface area contributed by atoms with E-state index in [2.05, 4.69) is 10.6 Å². The Balaban J connectivity index is 4.48. The molecule has 0 rings (SSSR count). The van der Waals surface area contributed by atoms with Crippen LogP contribution in [0.5, 0.6) is 0 Å². The normalized spacial score (nSPS) is 13.6. The molecule has 0 aliphatic carbocycles. The fourth-order valence-corrected chi connectivity index (χ4v) is 1.36. The van der Waals surface area contributed by atoms with E-state index in [4.69, 9.17) is 5.11 Å². The molecular formula is C12H25N3O3. The predicted octanol–water partition coefficient (Wildman–Crippen LogP) is 0.735. The van der Waals surface area contributed by atoms with Crippen LogP contribution >= 0.6 is 0 Å². The van der Waals surface area contributed by atoms with Crippen LogP contribution in [0.2, 0.25) is 0 Å². The third-order valence-corrected chi connectivity index (χ3v) is 2.64.